The second-order valence-corrected chi connectivity index (χ2v) is 3.84. The predicted octanol–water partition coefficient (Wildman–Crippen LogP) is 0.994. The number of aliphatic hydroxyl groups is 1. The third-order valence-electron chi connectivity index (χ3n) is 3.22. The molecule has 0 unspecified atom stereocenters. The topological polar surface area (TPSA) is 23.5 Å². The van der Waals surface area contributed by atoms with Crippen molar-refractivity contribution in [1.29, 1.82) is 0 Å². The molecule has 11 heavy (non-hydrogen) atoms. The molecule has 2 aliphatic rings. The molecule has 0 aromatic carbocycles. The van der Waals surface area contributed by atoms with E-state index in [0.717, 1.165) is 12.8 Å². The lowest BCUT2D eigenvalue weighted by molar-refractivity contribution is 0.0387. The second kappa shape index (κ2) is 2.76. The Morgan fingerprint density at radius 2 is 1.82 bits per heavy atom. The van der Waals surface area contributed by atoms with Gasteiger partial charge in [-0.3, -0.25) is 4.90 Å². The summed E-state index contributed by atoms with van der Waals surface area (Å²) in [7, 11) is 0. The molecule has 2 saturated heterocycles. The SMILES string of the molecule is CCN1[C@@H]2CC[C@H]1C[C@@H](O)C2. The molecule has 2 nitrogen and oxygen atoms in total. The minimum Gasteiger partial charge on any atom is -0.393 e. The highest BCUT2D eigenvalue weighted by Crippen LogP contribution is 2.34. The van der Waals surface area contributed by atoms with Gasteiger partial charge >= 0.3 is 0 Å². The first kappa shape index (κ1) is 7.56. The fourth-order valence-electron chi connectivity index (χ4n) is 2.76. The van der Waals surface area contributed by atoms with Crippen LogP contribution >= 0.6 is 0 Å². The minimum atomic E-state index is -0.00435. The molecule has 3 atom stereocenters. The zero-order valence-corrected chi connectivity index (χ0v) is 7.16. The maximum atomic E-state index is 9.48. The van der Waals surface area contributed by atoms with Crippen LogP contribution in [0.15, 0.2) is 0 Å². The molecule has 0 aromatic heterocycles. The minimum absolute atomic E-state index is 0.00435. The number of fused-ring (bicyclic) bond motifs is 2. The molecule has 2 heterocycles. The molecule has 0 aromatic rings. The number of hydrogen-bond donors (Lipinski definition) is 1. The summed E-state index contributed by atoms with van der Waals surface area (Å²) in [5.41, 5.74) is 0. The fourth-order valence-corrected chi connectivity index (χ4v) is 2.76. The quantitative estimate of drug-likeness (QED) is 0.610. The van der Waals surface area contributed by atoms with Gasteiger partial charge in [-0.2, -0.15) is 0 Å². The molecule has 2 rings (SSSR count). The third kappa shape index (κ3) is 1.18. The molecule has 2 fully saturated rings. The van der Waals surface area contributed by atoms with Crippen molar-refractivity contribution in [3.63, 3.8) is 0 Å². The Morgan fingerprint density at radius 3 is 2.27 bits per heavy atom. The highest BCUT2D eigenvalue weighted by molar-refractivity contribution is 4.94. The van der Waals surface area contributed by atoms with E-state index in [4.69, 9.17) is 0 Å². The van der Waals surface area contributed by atoms with Crippen LogP contribution in [0.1, 0.15) is 32.6 Å². The molecule has 64 valence electrons. The van der Waals surface area contributed by atoms with E-state index in [0.29, 0.717) is 12.1 Å². The highest BCUT2D eigenvalue weighted by Gasteiger charge is 2.38. The monoisotopic (exact) mass is 155 g/mol. The molecule has 2 bridgehead atoms. The molecule has 0 aliphatic carbocycles. The van der Waals surface area contributed by atoms with Crippen LogP contribution in [0.25, 0.3) is 0 Å². The van der Waals surface area contributed by atoms with Gasteiger partial charge in [-0.1, -0.05) is 6.92 Å². The molecule has 0 saturated carbocycles. The number of nitrogens with zero attached hydrogens (tertiary/aromatic N) is 1. The summed E-state index contributed by atoms with van der Waals surface area (Å²) >= 11 is 0. The van der Waals surface area contributed by atoms with E-state index in [2.05, 4.69) is 11.8 Å². The Labute approximate surface area is 68.2 Å². The third-order valence-corrected chi connectivity index (χ3v) is 3.22. The van der Waals surface area contributed by atoms with Gasteiger partial charge in [-0.15, -0.1) is 0 Å². The largest absolute Gasteiger partial charge is 0.393 e. The van der Waals surface area contributed by atoms with Crippen molar-refractivity contribution in [3.05, 3.63) is 0 Å². The van der Waals surface area contributed by atoms with Crippen LogP contribution in [0.4, 0.5) is 0 Å². The summed E-state index contributed by atoms with van der Waals surface area (Å²) in [6.07, 6.45) is 4.66. The van der Waals surface area contributed by atoms with Gasteiger partial charge in [0.15, 0.2) is 0 Å². The van der Waals surface area contributed by atoms with E-state index in [1.54, 1.807) is 0 Å². The first-order valence-corrected chi connectivity index (χ1v) is 4.75. The number of hydrogen-bond acceptors (Lipinski definition) is 2. The lowest BCUT2D eigenvalue weighted by Gasteiger charge is -2.36. The van der Waals surface area contributed by atoms with Crippen LogP contribution in [0.5, 0.6) is 0 Å². The maximum Gasteiger partial charge on any atom is 0.0570 e. The predicted molar refractivity (Wildman–Crippen MR) is 44.4 cm³/mol. The Bertz CT molecular complexity index is 134. The lowest BCUT2D eigenvalue weighted by atomic mass is 10.0. The molecule has 1 N–H and O–H groups in total. The van der Waals surface area contributed by atoms with Gasteiger partial charge in [0, 0.05) is 12.1 Å². The van der Waals surface area contributed by atoms with Crippen LogP contribution in [-0.4, -0.2) is 34.7 Å². The summed E-state index contributed by atoms with van der Waals surface area (Å²) < 4.78 is 0. The Morgan fingerprint density at radius 1 is 1.27 bits per heavy atom. The number of piperidine rings is 1. The Balaban J connectivity index is 2.06. The van der Waals surface area contributed by atoms with E-state index >= 15 is 0 Å². The zero-order valence-electron chi connectivity index (χ0n) is 7.16. The number of rotatable bonds is 1. The zero-order chi connectivity index (χ0) is 7.84. The van der Waals surface area contributed by atoms with Crippen molar-refractivity contribution in [2.24, 2.45) is 0 Å². The summed E-state index contributed by atoms with van der Waals surface area (Å²) in [6, 6.07) is 1.41. The van der Waals surface area contributed by atoms with Gasteiger partial charge in [0.25, 0.3) is 0 Å². The van der Waals surface area contributed by atoms with E-state index in [-0.39, 0.29) is 6.10 Å². The van der Waals surface area contributed by atoms with Crippen LogP contribution in [0, 0.1) is 0 Å². The summed E-state index contributed by atoms with van der Waals surface area (Å²) in [6.45, 7) is 3.39. The molecule has 0 amide bonds. The highest BCUT2D eigenvalue weighted by atomic mass is 16.3. The summed E-state index contributed by atoms with van der Waals surface area (Å²) in [5.74, 6) is 0. The fraction of sp³-hybridized carbons (Fsp3) is 1.00. The molecule has 2 aliphatic heterocycles. The summed E-state index contributed by atoms with van der Waals surface area (Å²) in [5, 5.41) is 9.48. The van der Waals surface area contributed by atoms with Crippen molar-refractivity contribution in [1.82, 2.24) is 4.90 Å². The first-order chi connectivity index (χ1) is 5.31. The van der Waals surface area contributed by atoms with Gasteiger partial charge in [0.05, 0.1) is 6.10 Å². The molecular weight excluding hydrogens is 138 g/mol. The van der Waals surface area contributed by atoms with Crippen molar-refractivity contribution < 1.29 is 5.11 Å². The Kier molecular flexibility index (Phi) is 1.90. The average Bonchev–Trinajstić information content (AvgIpc) is 2.23. The van der Waals surface area contributed by atoms with Crippen LogP contribution in [0.3, 0.4) is 0 Å². The van der Waals surface area contributed by atoms with Gasteiger partial charge in [0.2, 0.25) is 0 Å². The van der Waals surface area contributed by atoms with Crippen molar-refractivity contribution in [2.75, 3.05) is 6.54 Å². The Hall–Kier alpha value is -0.0800. The summed E-state index contributed by atoms with van der Waals surface area (Å²) in [4.78, 5) is 2.56. The lowest BCUT2D eigenvalue weighted by Crippen LogP contribution is -2.44. The van der Waals surface area contributed by atoms with Gasteiger partial charge in [-0.25, -0.2) is 0 Å². The second-order valence-electron chi connectivity index (χ2n) is 3.84. The molecule has 2 heteroatoms. The standard InChI is InChI=1S/C9H17NO/c1-2-10-7-3-4-8(10)6-9(11)5-7/h7-9,11H,2-6H2,1H3/t7-,8+,9+. The van der Waals surface area contributed by atoms with Crippen molar-refractivity contribution in [2.45, 2.75) is 50.8 Å². The van der Waals surface area contributed by atoms with Gasteiger partial charge < -0.3 is 5.11 Å². The van der Waals surface area contributed by atoms with E-state index in [1.807, 2.05) is 0 Å². The normalized spacial score (nSPS) is 44.7. The van der Waals surface area contributed by atoms with Gasteiger partial charge in [0.1, 0.15) is 0 Å². The number of aliphatic hydroxyl groups excluding tert-OH is 1. The van der Waals surface area contributed by atoms with Crippen LogP contribution in [-0.2, 0) is 0 Å². The van der Waals surface area contributed by atoms with Crippen LogP contribution in [0.2, 0.25) is 0 Å². The average molecular weight is 155 g/mol. The molecule has 0 spiro atoms. The molecular formula is C9H17NO. The maximum absolute atomic E-state index is 9.48. The van der Waals surface area contributed by atoms with Gasteiger partial charge in [-0.05, 0) is 32.2 Å². The van der Waals surface area contributed by atoms with Crippen molar-refractivity contribution >= 4 is 0 Å². The van der Waals surface area contributed by atoms with E-state index in [9.17, 15) is 5.11 Å². The van der Waals surface area contributed by atoms with E-state index in [1.165, 1.54) is 19.4 Å². The van der Waals surface area contributed by atoms with Crippen LogP contribution < -0.4 is 0 Å². The smallest absolute Gasteiger partial charge is 0.0570 e. The van der Waals surface area contributed by atoms with E-state index < -0.39 is 0 Å². The first-order valence-electron chi connectivity index (χ1n) is 4.75. The van der Waals surface area contributed by atoms with Crippen molar-refractivity contribution in [3.8, 4) is 0 Å². The molecule has 0 radical (unpaired) electrons.